The van der Waals surface area contributed by atoms with Crippen LogP contribution in [-0.2, 0) is 9.36 Å². The van der Waals surface area contributed by atoms with E-state index in [1.165, 1.54) is 32.1 Å². The van der Waals surface area contributed by atoms with E-state index in [1.807, 2.05) is 0 Å². The number of hydrogen-bond acceptors (Lipinski definition) is 4. The van der Waals surface area contributed by atoms with Gasteiger partial charge in [-0.2, -0.15) is 0 Å². The molecule has 0 aromatic heterocycles. The monoisotopic (exact) mass is 302 g/mol. The van der Waals surface area contributed by atoms with Gasteiger partial charge < -0.3 is 14.4 Å². The van der Waals surface area contributed by atoms with Gasteiger partial charge in [-0.3, -0.25) is 4.79 Å². The Morgan fingerprint density at radius 1 is 0.889 bits per heavy atom. The molecule has 0 saturated carbocycles. The van der Waals surface area contributed by atoms with E-state index in [0.717, 1.165) is 19.3 Å². The Bertz CT molecular complexity index is 252. The number of carbonyl (C=O) groups excluding carboxylic acids is 1. The van der Waals surface area contributed by atoms with Crippen molar-refractivity contribution in [1.82, 2.24) is 0 Å². The van der Waals surface area contributed by atoms with Crippen LogP contribution in [0.5, 0.6) is 0 Å². The van der Waals surface area contributed by atoms with Crippen molar-refractivity contribution in [2.24, 2.45) is 0 Å². The van der Waals surface area contributed by atoms with Crippen LogP contribution in [-0.4, -0.2) is 43.3 Å². The van der Waals surface area contributed by atoms with Gasteiger partial charge in [-0.25, -0.2) is 0 Å². The Hall–Kier alpha value is 1.08. The molecular formula is C12H23CaO4P. The first-order chi connectivity index (χ1) is 7.98. The molecule has 4 nitrogen and oxygen atoms in total. The third kappa shape index (κ3) is 13.5. The quantitative estimate of drug-likeness (QED) is 0.332. The van der Waals surface area contributed by atoms with Crippen LogP contribution in [0.1, 0.15) is 71.1 Å². The summed E-state index contributed by atoms with van der Waals surface area (Å²) >= 11 is 0. The molecule has 0 aromatic rings. The predicted molar refractivity (Wildman–Crippen MR) is 70.2 cm³/mol. The van der Waals surface area contributed by atoms with Gasteiger partial charge in [0.1, 0.15) is 0 Å². The molecule has 18 heavy (non-hydrogen) atoms. The molecule has 0 rings (SSSR count). The fourth-order valence-corrected chi connectivity index (χ4v) is 2.16. The zero-order valence-corrected chi connectivity index (χ0v) is 14.5. The van der Waals surface area contributed by atoms with Gasteiger partial charge in [0.25, 0.3) is 0 Å². The fourth-order valence-electron chi connectivity index (χ4n) is 1.72. The van der Waals surface area contributed by atoms with Crippen LogP contribution in [0, 0.1) is 0 Å². The van der Waals surface area contributed by atoms with Gasteiger partial charge >= 0.3 is 37.7 Å². The molecule has 0 N–H and O–H groups in total. The molecular weight excluding hydrogens is 279 g/mol. The van der Waals surface area contributed by atoms with Gasteiger partial charge in [-0.15, -0.1) is 0 Å². The molecule has 0 aliphatic rings. The Morgan fingerprint density at radius 3 is 1.67 bits per heavy atom. The molecule has 0 fully saturated rings. The first-order valence-corrected chi connectivity index (χ1v) is 8.08. The summed E-state index contributed by atoms with van der Waals surface area (Å²) in [5.74, 6) is 0. The first-order valence-electron chi connectivity index (χ1n) is 6.54. The average molecular weight is 302 g/mol. The normalized spacial score (nSPS) is 11.1. The largest absolute Gasteiger partial charge is 2.00 e. The summed E-state index contributed by atoms with van der Waals surface area (Å²) in [6, 6.07) is 0. The van der Waals surface area contributed by atoms with Crippen LogP contribution in [0.25, 0.3) is 0 Å². The van der Waals surface area contributed by atoms with Gasteiger partial charge in [0.2, 0.25) is 0 Å². The van der Waals surface area contributed by atoms with E-state index >= 15 is 0 Å². The molecule has 102 valence electrons. The predicted octanol–water partition coefficient (Wildman–Crippen LogP) is 1.97. The van der Waals surface area contributed by atoms with E-state index < -0.39 is 13.1 Å². The minimum Gasteiger partial charge on any atom is -0.805 e. The van der Waals surface area contributed by atoms with Crippen molar-refractivity contribution < 1.29 is 19.1 Å². The fraction of sp³-hybridized carbons (Fsp3) is 0.917. The summed E-state index contributed by atoms with van der Waals surface area (Å²) in [6.07, 6.45) is 9.65. The summed E-state index contributed by atoms with van der Waals surface area (Å²) < 4.78 is 10.3. The van der Waals surface area contributed by atoms with Crippen molar-refractivity contribution >= 4 is 50.9 Å². The van der Waals surface area contributed by atoms with Crippen LogP contribution in [0.3, 0.4) is 0 Å². The van der Waals surface area contributed by atoms with Gasteiger partial charge in [0, 0.05) is 14.0 Å². The second-order valence-electron chi connectivity index (χ2n) is 4.47. The van der Waals surface area contributed by atoms with Crippen LogP contribution in [0.15, 0.2) is 0 Å². The van der Waals surface area contributed by atoms with Crippen molar-refractivity contribution in [3.63, 3.8) is 0 Å². The number of rotatable bonds is 11. The SMILES string of the molecule is CCCCCCCCCCCC(=O)P(=O)([O-])[O-].[Ca+2]. The van der Waals surface area contributed by atoms with Crippen molar-refractivity contribution in [3.05, 3.63) is 0 Å². The minimum absolute atomic E-state index is 0. The summed E-state index contributed by atoms with van der Waals surface area (Å²) in [4.78, 5) is 31.4. The molecule has 0 spiro atoms. The number of unbranched alkanes of at least 4 members (excludes halogenated alkanes) is 8. The van der Waals surface area contributed by atoms with E-state index in [-0.39, 0.29) is 44.2 Å². The van der Waals surface area contributed by atoms with Crippen LogP contribution < -0.4 is 9.79 Å². The molecule has 0 atom stereocenters. The van der Waals surface area contributed by atoms with Gasteiger partial charge in [0.05, 0.1) is 0 Å². The molecule has 0 radical (unpaired) electrons. The smallest absolute Gasteiger partial charge is 0.805 e. The second kappa shape index (κ2) is 13.1. The third-order valence-electron chi connectivity index (χ3n) is 2.80. The van der Waals surface area contributed by atoms with Gasteiger partial charge in [0.15, 0.2) is 5.52 Å². The van der Waals surface area contributed by atoms with Gasteiger partial charge in [-0.1, -0.05) is 58.3 Å². The van der Waals surface area contributed by atoms with E-state index in [2.05, 4.69) is 6.92 Å². The Kier molecular flexibility index (Phi) is 15.5. The summed E-state index contributed by atoms with van der Waals surface area (Å²) in [5, 5.41) is 0. The van der Waals surface area contributed by atoms with E-state index in [9.17, 15) is 19.1 Å². The molecule has 0 aliphatic heterocycles. The summed E-state index contributed by atoms with van der Waals surface area (Å²) in [7, 11) is -4.97. The maximum Gasteiger partial charge on any atom is 2.00 e. The number of carbonyl (C=O) groups is 1. The molecule has 0 aliphatic carbocycles. The van der Waals surface area contributed by atoms with E-state index in [1.54, 1.807) is 0 Å². The standard InChI is InChI=1S/C12H25O4P.Ca/c1-2-3-4-5-6-7-8-9-10-11-12(13)17(14,15)16;/h2-11H2,1H3,(H2,14,15,16);/q;+2/p-2. The van der Waals surface area contributed by atoms with Crippen LogP contribution >= 0.6 is 7.60 Å². The second-order valence-corrected chi connectivity index (χ2v) is 5.96. The van der Waals surface area contributed by atoms with Gasteiger partial charge in [-0.05, 0) is 6.42 Å². The minimum atomic E-state index is -4.97. The maximum atomic E-state index is 10.8. The Labute approximate surface area is 140 Å². The van der Waals surface area contributed by atoms with Crippen LogP contribution in [0.2, 0.25) is 0 Å². The molecule has 0 bridgehead atoms. The maximum absolute atomic E-state index is 10.8. The average Bonchev–Trinajstić information content (AvgIpc) is 2.25. The zero-order chi connectivity index (χ0) is 13.1. The van der Waals surface area contributed by atoms with Crippen molar-refractivity contribution in [2.45, 2.75) is 71.1 Å². The van der Waals surface area contributed by atoms with Crippen molar-refractivity contribution in [1.29, 1.82) is 0 Å². The van der Waals surface area contributed by atoms with E-state index in [4.69, 9.17) is 0 Å². The number of hydrogen-bond donors (Lipinski definition) is 0. The molecule has 0 heterocycles. The van der Waals surface area contributed by atoms with Crippen molar-refractivity contribution in [3.8, 4) is 0 Å². The molecule has 6 heteroatoms. The summed E-state index contributed by atoms with van der Waals surface area (Å²) in [6.45, 7) is 2.18. The Morgan fingerprint density at radius 2 is 1.28 bits per heavy atom. The first kappa shape index (κ1) is 21.4. The molecule has 0 unspecified atom stereocenters. The summed E-state index contributed by atoms with van der Waals surface area (Å²) in [5.41, 5.74) is -1.14. The third-order valence-corrected chi connectivity index (χ3v) is 3.63. The molecule has 0 amide bonds. The van der Waals surface area contributed by atoms with Crippen molar-refractivity contribution in [2.75, 3.05) is 0 Å². The van der Waals surface area contributed by atoms with E-state index in [0.29, 0.717) is 6.42 Å². The molecule has 0 aromatic carbocycles. The van der Waals surface area contributed by atoms with Crippen LogP contribution in [0.4, 0.5) is 0 Å². The zero-order valence-electron chi connectivity index (χ0n) is 11.4. The topological polar surface area (TPSA) is 80.3 Å². The Balaban J connectivity index is 0. The molecule has 0 saturated heterocycles.